The normalized spacial score (nSPS) is 10.8. The molecule has 1 aromatic rings. The van der Waals surface area contributed by atoms with Crippen LogP contribution in [0.4, 0.5) is 0 Å². The number of ether oxygens (including phenoxy) is 1. The topological polar surface area (TPSA) is 122 Å². The lowest BCUT2D eigenvalue weighted by Crippen LogP contribution is -2.29. The highest BCUT2D eigenvalue weighted by molar-refractivity contribution is 7.89. The SMILES string of the molecule is Cc1cc(OCC(=O)NCCC#N)cc(C)c1S(N)(=O)=O. The van der Waals surface area contributed by atoms with E-state index in [4.69, 9.17) is 15.1 Å². The van der Waals surface area contributed by atoms with Crippen molar-refractivity contribution >= 4 is 15.9 Å². The van der Waals surface area contributed by atoms with E-state index in [1.54, 1.807) is 13.8 Å². The molecule has 8 heteroatoms. The number of hydrogen-bond acceptors (Lipinski definition) is 5. The number of hydrogen-bond donors (Lipinski definition) is 2. The smallest absolute Gasteiger partial charge is 0.257 e. The Labute approximate surface area is 123 Å². The average Bonchev–Trinajstić information content (AvgIpc) is 2.34. The van der Waals surface area contributed by atoms with Crippen molar-refractivity contribution in [3.63, 3.8) is 0 Å². The molecule has 0 saturated carbocycles. The van der Waals surface area contributed by atoms with Crippen LogP contribution in [0.1, 0.15) is 17.5 Å². The van der Waals surface area contributed by atoms with Crippen molar-refractivity contribution < 1.29 is 17.9 Å². The number of nitrogens with two attached hydrogens (primary N) is 1. The molecule has 0 heterocycles. The Bertz CT molecular complexity index is 654. The van der Waals surface area contributed by atoms with Crippen molar-refractivity contribution in [1.82, 2.24) is 5.32 Å². The quantitative estimate of drug-likeness (QED) is 0.734. The third-order valence-electron chi connectivity index (χ3n) is 2.65. The minimum Gasteiger partial charge on any atom is -0.484 e. The second kappa shape index (κ2) is 7.06. The largest absolute Gasteiger partial charge is 0.484 e. The molecule has 0 unspecified atom stereocenters. The molecule has 21 heavy (non-hydrogen) atoms. The molecular formula is C13H17N3O4S. The number of carbonyl (C=O) groups excluding carboxylic acids is 1. The standard InChI is InChI=1S/C13H17N3O4S/c1-9-6-11(7-10(2)13(9)21(15,18)19)20-8-12(17)16-5-3-4-14/h6-7H,3,5,8H2,1-2H3,(H,16,17)(H2,15,18,19). The molecule has 0 aliphatic carbocycles. The fraction of sp³-hybridized carbons (Fsp3) is 0.385. The summed E-state index contributed by atoms with van der Waals surface area (Å²) in [7, 11) is -3.79. The van der Waals surface area contributed by atoms with Gasteiger partial charge in [-0.1, -0.05) is 0 Å². The molecule has 7 nitrogen and oxygen atoms in total. The Kier molecular flexibility index (Phi) is 5.69. The van der Waals surface area contributed by atoms with Gasteiger partial charge < -0.3 is 10.1 Å². The van der Waals surface area contributed by atoms with Crippen LogP contribution in [0.15, 0.2) is 17.0 Å². The summed E-state index contributed by atoms with van der Waals surface area (Å²) in [5, 5.41) is 16.0. The van der Waals surface area contributed by atoms with Gasteiger partial charge in [-0.15, -0.1) is 0 Å². The van der Waals surface area contributed by atoms with Gasteiger partial charge in [0, 0.05) is 6.54 Å². The van der Waals surface area contributed by atoms with Gasteiger partial charge in [0.25, 0.3) is 5.91 Å². The molecule has 1 rings (SSSR count). The first kappa shape index (κ1) is 16.9. The van der Waals surface area contributed by atoms with Crippen LogP contribution in [-0.2, 0) is 14.8 Å². The predicted molar refractivity (Wildman–Crippen MR) is 76.0 cm³/mol. The first-order valence-corrected chi connectivity index (χ1v) is 7.71. The van der Waals surface area contributed by atoms with Crippen molar-refractivity contribution in [2.45, 2.75) is 25.2 Å². The van der Waals surface area contributed by atoms with E-state index in [2.05, 4.69) is 5.32 Å². The number of nitrogens with one attached hydrogen (secondary N) is 1. The highest BCUT2D eigenvalue weighted by Gasteiger charge is 2.16. The maximum atomic E-state index is 11.4. The highest BCUT2D eigenvalue weighted by atomic mass is 32.2. The second-order valence-electron chi connectivity index (χ2n) is 4.48. The van der Waals surface area contributed by atoms with Crippen molar-refractivity contribution in [3.8, 4) is 11.8 Å². The summed E-state index contributed by atoms with van der Waals surface area (Å²) in [6, 6.07) is 4.93. The summed E-state index contributed by atoms with van der Waals surface area (Å²) in [6.45, 7) is 3.26. The van der Waals surface area contributed by atoms with Crippen LogP contribution in [0.3, 0.4) is 0 Å². The highest BCUT2D eigenvalue weighted by Crippen LogP contribution is 2.24. The van der Waals surface area contributed by atoms with E-state index < -0.39 is 10.0 Å². The van der Waals surface area contributed by atoms with Crippen molar-refractivity contribution in [1.29, 1.82) is 5.26 Å². The molecule has 0 saturated heterocycles. The molecule has 3 N–H and O–H groups in total. The molecule has 0 spiro atoms. The number of nitriles is 1. The average molecular weight is 311 g/mol. The second-order valence-corrected chi connectivity index (χ2v) is 5.98. The maximum Gasteiger partial charge on any atom is 0.257 e. The van der Waals surface area contributed by atoms with Gasteiger partial charge in [0.1, 0.15) is 5.75 Å². The number of benzene rings is 1. The maximum absolute atomic E-state index is 11.4. The van der Waals surface area contributed by atoms with Gasteiger partial charge in [-0.2, -0.15) is 5.26 Å². The number of aryl methyl sites for hydroxylation is 2. The van der Waals surface area contributed by atoms with E-state index in [0.717, 1.165) is 0 Å². The molecule has 0 aliphatic heterocycles. The summed E-state index contributed by atoms with van der Waals surface area (Å²) >= 11 is 0. The molecular weight excluding hydrogens is 294 g/mol. The van der Waals surface area contributed by atoms with Crippen LogP contribution < -0.4 is 15.2 Å². The van der Waals surface area contributed by atoms with Crippen molar-refractivity contribution in [2.75, 3.05) is 13.2 Å². The molecule has 0 aromatic heterocycles. The summed E-state index contributed by atoms with van der Waals surface area (Å²) in [6.07, 6.45) is 0.229. The van der Waals surface area contributed by atoms with E-state index in [1.165, 1.54) is 12.1 Å². The lowest BCUT2D eigenvalue weighted by molar-refractivity contribution is -0.123. The number of nitrogens with zero attached hydrogens (tertiary/aromatic N) is 1. The van der Waals surface area contributed by atoms with Gasteiger partial charge in [-0.3, -0.25) is 4.79 Å². The summed E-state index contributed by atoms with van der Waals surface area (Å²) < 4.78 is 28.2. The lowest BCUT2D eigenvalue weighted by Gasteiger charge is -2.12. The molecule has 0 aliphatic rings. The zero-order valence-corrected chi connectivity index (χ0v) is 12.7. The minimum atomic E-state index is -3.79. The summed E-state index contributed by atoms with van der Waals surface area (Å²) in [4.78, 5) is 11.5. The summed E-state index contributed by atoms with van der Waals surface area (Å²) in [5.74, 6) is 0.0314. The van der Waals surface area contributed by atoms with Crippen LogP contribution in [0.25, 0.3) is 0 Å². The zero-order valence-electron chi connectivity index (χ0n) is 11.8. The van der Waals surface area contributed by atoms with Crippen LogP contribution in [0, 0.1) is 25.2 Å². The Morgan fingerprint density at radius 1 is 1.38 bits per heavy atom. The van der Waals surface area contributed by atoms with Crippen LogP contribution in [0.2, 0.25) is 0 Å². The molecule has 1 aromatic carbocycles. The number of amides is 1. The van der Waals surface area contributed by atoms with E-state index in [1.807, 2.05) is 6.07 Å². The van der Waals surface area contributed by atoms with E-state index >= 15 is 0 Å². The Morgan fingerprint density at radius 3 is 2.43 bits per heavy atom. The molecule has 0 bridgehead atoms. The molecule has 0 atom stereocenters. The lowest BCUT2D eigenvalue weighted by atomic mass is 10.1. The Balaban J connectivity index is 2.75. The van der Waals surface area contributed by atoms with Crippen LogP contribution in [0.5, 0.6) is 5.75 Å². The van der Waals surface area contributed by atoms with Gasteiger partial charge >= 0.3 is 0 Å². The Morgan fingerprint density at radius 2 is 1.95 bits per heavy atom. The van der Waals surface area contributed by atoms with Gasteiger partial charge in [0.15, 0.2) is 6.61 Å². The fourth-order valence-corrected chi connectivity index (χ4v) is 2.92. The van der Waals surface area contributed by atoms with Crippen LogP contribution >= 0.6 is 0 Å². The van der Waals surface area contributed by atoms with E-state index in [9.17, 15) is 13.2 Å². The number of primary sulfonamides is 1. The predicted octanol–water partition coefficient (Wildman–Crippen LogP) is 0.360. The summed E-state index contributed by atoms with van der Waals surface area (Å²) in [5.41, 5.74) is 0.912. The molecule has 0 radical (unpaired) electrons. The van der Waals surface area contributed by atoms with Gasteiger partial charge in [-0.25, -0.2) is 13.6 Å². The first-order chi connectivity index (χ1) is 9.75. The molecule has 114 valence electrons. The zero-order chi connectivity index (χ0) is 16.0. The van der Waals surface area contributed by atoms with Crippen LogP contribution in [-0.4, -0.2) is 27.5 Å². The van der Waals surface area contributed by atoms with E-state index in [0.29, 0.717) is 16.9 Å². The monoisotopic (exact) mass is 311 g/mol. The third kappa shape index (κ3) is 5.06. The third-order valence-corrected chi connectivity index (χ3v) is 3.86. The van der Waals surface area contributed by atoms with Crippen molar-refractivity contribution in [2.24, 2.45) is 5.14 Å². The number of carbonyl (C=O) groups is 1. The van der Waals surface area contributed by atoms with Gasteiger partial charge in [-0.05, 0) is 37.1 Å². The minimum absolute atomic E-state index is 0.0633. The van der Waals surface area contributed by atoms with Crippen molar-refractivity contribution in [3.05, 3.63) is 23.3 Å². The van der Waals surface area contributed by atoms with E-state index in [-0.39, 0.29) is 30.4 Å². The van der Waals surface area contributed by atoms with Gasteiger partial charge in [0.2, 0.25) is 10.0 Å². The number of rotatable bonds is 6. The molecule has 0 fully saturated rings. The Hall–Kier alpha value is -2.11. The molecule has 1 amide bonds. The van der Waals surface area contributed by atoms with Gasteiger partial charge in [0.05, 0.1) is 17.4 Å². The number of sulfonamides is 1. The fourth-order valence-electron chi connectivity index (χ4n) is 1.90. The first-order valence-electron chi connectivity index (χ1n) is 6.16.